The molecule has 0 bridgehead atoms. The summed E-state index contributed by atoms with van der Waals surface area (Å²) in [5.74, 6) is -4.89. The molecule has 1 rings (SSSR count). The largest absolute Gasteiger partial charge is 0.481 e. The van der Waals surface area contributed by atoms with Gasteiger partial charge in [-0.15, -0.1) is 0 Å². The molecule has 1 aromatic rings. The van der Waals surface area contributed by atoms with Crippen molar-refractivity contribution in [3.05, 3.63) is 35.9 Å². The SMILES string of the molecule is NCCCCC(NC(=O)C(CCCN=C(N)N)NC(=O)C(CCC(=O)O)NC(=O)C(N)Cc1ccccc1)C(=O)O. The topological polar surface area (TPSA) is 278 Å². The lowest BCUT2D eigenvalue weighted by Crippen LogP contribution is -2.57. The molecule has 41 heavy (non-hydrogen) atoms. The fraction of sp³-hybridized carbons (Fsp3) is 0.538. The minimum absolute atomic E-state index is 0.0244. The van der Waals surface area contributed by atoms with Crippen LogP contribution >= 0.6 is 0 Å². The zero-order chi connectivity index (χ0) is 30.8. The van der Waals surface area contributed by atoms with Crippen LogP contribution < -0.4 is 38.9 Å². The van der Waals surface area contributed by atoms with Gasteiger partial charge < -0.3 is 49.1 Å². The third-order valence-electron chi connectivity index (χ3n) is 6.05. The summed E-state index contributed by atoms with van der Waals surface area (Å²) in [6, 6.07) is 4.16. The molecule has 0 saturated heterocycles. The van der Waals surface area contributed by atoms with Crippen LogP contribution in [0, 0.1) is 0 Å². The van der Waals surface area contributed by atoms with Gasteiger partial charge in [0, 0.05) is 13.0 Å². The maximum absolute atomic E-state index is 13.2. The summed E-state index contributed by atoms with van der Waals surface area (Å²) in [5.41, 5.74) is 22.9. The summed E-state index contributed by atoms with van der Waals surface area (Å²) in [6.07, 6.45) is 0.878. The summed E-state index contributed by atoms with van der Waals surface area (Å²) < 4.78 is 0. The number of hydrogen-bond donors (Lipinski definition) is 9. The van der Waals surface area contributed by atoms with Crippen molar-refractivity contribution in [2.24, 2.45) is 27.9 Å². The van der Waals surface area contributed by atoms with E-state index >= 15 is 0 Å². The number of carboxylic acid groups (broad SMARTS) is 2. The normalized spacial score (nSPS) is 13.6. The number of aliphatic imine (C=N–C) groups is 1. The van der Waals surface area contributed by atoms with E-state index in [1.165, 1.54) is 0 Å². The maximum atomic E-state index is 13.2. The first-order chi connectivity index (χ1) is 19.4. The molecule has 0 fully saturated rings. The summed E-state index contributed by atoms with van der Waals surface area (Å²) in [4.78, 5) is 65.8. The van der Waals surface area contributed by atoms with Crippen LogP contribution in [0.3, 0.4) is 0 Å². The summed E-state index contributed by atoms with van der Waals surface area (Å²) in [6.45, 7) is 0.497. The van der Waals surface area contributed by atoms with E-state index in [1.54, 1.807) is 24.3 Å². The van der Waals surface area contributed by atoms with E-state index in [-0.39, 0.29) is 44.6 Å². The molecule has 0 heterocycles. The number of hydrogen-bond acceptors (Lipinski definition) is 8. The van der Waals surface area contributed by atoms with Crippen LogP contribution in [0.4, 0.5) is 0 Å². The molecule has 0 aliphatic rings. The number of unbranched alkanes of at least 4 members (excludes halogenated alkanes) is 1. The first-order valence-electron chi connectivity index (χ1n) is 13.3. The molecule has 4 unspecified atom stereocenters. The van der Waals surface area contributed by atoms with E-state index in [1.807, 2.05) is 6.07 Å². The Balaban J connectivity index is 3.04. The number of nitrogens with zero attached hydrogens (tertiary/aromatic N) is 1. The van der Waals surface area contributed by atoms with Gasteiger partial charge in [0.05, 0.1) is 6.04 Å². The molecular weight excluding hydrogens is 536 g/mol. The number of aliphatic carboxylic acids is 2. The van der Waals surface area contributed by atoms with Gasteiger partial charge in [0.15, 0.2) is 5.96 Å². The number of nitrogens with two attached hydrogens (primary N) is 4. The van der Waals surface area contributed by atoms with E-state index in [9.17, 15) is 29.1 Å². The Kier molecular flexibility index (Phi) is 16.1. The molecule has 0 radical (unpaired) electrons. The maximum Gasteiger partial charge on any atom is 0.326 e. The van der Waals surface area contributed by atoms with Crippen molar-refractivity contribution < 1.29 is 34.2 Å². The van der Waals surface area contributed by atoms with E-state index in [2.05, 4.69) is 20.9 Å². The summed E-state index contributed by atoms with van der Waals surface area (Å²) in [7, 11) is 0. The predicted molar refractivity (Wildman–Crippen MR) is 151 cm³/mol. The number of carbonyl (C=O) groups excluding carboxylic acids is 3. The van der Waals surface area contributed by atoms with E-state index in [0.29, 0.717) is 19.4 Å². The van der Waals surface area contributed by atoms with Crippen molar-refractivity contribution in [2.45, 2.75) is 75.5 Å². The highest BCUT2D eigenvalue weighted by Crippen LogP contribution is 2.08. The lowest BCUT2D eigenvalue weighted by atomic mass is 10.0. The molecule has 0 aliphatic heterocycles. The Morgan fingerprint density at radius 1 is 0.780 bits per heavy atom. The van der Waals surface area contributed by atoms with Gasteiger partial charge in [0.2, 0.25) is 17.7 Å². The number of carboxylic acids is 2. The zero-order valence-electron chi connectivity index (χ0n) is 23.0. The number of guanidine groups is 1. The van der Waals surface area contributed by atoms with Crippen LogP contribution in [-0.2, 0) is 30.4 Å². The van der Waals surface area contributed by atoms with Gasteiger partial charge in [-0.2, -0.15) is 0 Å². The highest BCUT2D eigenvalue weighted by Gasteiger charge is 2.30. The minimum Gasteiger partial charge on any atom is -0.481 e. The van der Waals surface area contributed by atoms with Crippen LogP contribution in [0.1, 0.15) is 50.5 Å². The van der Waals surface area contributed by atoms with Gasteiger partial charge in [0.25, 0.3) is 0 Å². The number of nitrogens with one attached hydrogen (secondary N) is 3. The lowest BCUT2D eigenvalue weighted by molar-refractivity contribution is -0.142. The van der Waals surface area contributed by atoms with Crippen molar-refractivity contribution in [1.29, 1.82) is 0 Å². The van der Waals surface area contributed by atoms with Crippen molar-refractivity contribution >= 4 is 35.6 Å². The second-order valence-electron chi connectivity index (χ2n) is 9.48. The molecule has 0 aliphatic carbocycles. The fourth-order valence-electron chi connectivity index (χ4n) is 3.84. The first-order valence-corrected chi connectivity index (χ1v) is 13.3. The van der Waals surface area contributed by atoms with Crippen LogP contribution in [0.2, 0.25) is 0 Å². The smallest absolute Gasteiger partial charge is 0.326 e. The zero-order valence-corrected chi connectivity index (χ0v) is 23.0. The van der Waals surface area contributed by atoms with Crippen molar-refractivity contribution in [3.8, 4) is 0 Å². The highest BCUT2D eigenvalue weighted by molar-refractivity contribution is 5.94. The Morgan fingerprint density at radius 2 is 1.34 bits per heavy atom. The van der Waals surface area contributed by atoms with E-state index in [4.69, 9.17) is 28.0 Å². The molecule has 1 aromatic carbocycles. The molecule has 13 N–H and O–H groups in total. The molecular formula is C26H42N8O7. The standard InChI is InChI=1S/C26H42N8O7/c27-13-5-4-9-20(25(40)41)34-23(38)18(10-6-14-31-26(29)30)33-24(39)19(11-12-21(35)36)32-22(37)17(28)15-16-7-2-1-3-8-16/h1-3,7-8,17-20H,4-6,9-15,27-28H2,(H,32,37)(H,33,39)(H,34,38)(H,35,36)(H,40,41)(H4,29,30,31). The van der Waals surface area contributed by atoms with Gasteiger partial charge >= 0.3 is 11.9 Å². The van der Waals surface area contributed by atoms with Crippen LogP contribution in [0.25, 0.3) is 0 Å². The molecule has 0 aromatic heterocycles. The number of rotatable bonds is 20. The number of carbonyl (C=O) groups is 5. The van der Waals surface area contributed by atoms with Crippen LogP contribution in [0.5, 0.6) is 0 Å². The average molecular weight is 579 g/mol. The van der Waals surface area contributed by atoms with Gasteiger partial charge in [-0.05, 0) is 57.1 Å². The van der Waals surface area contributed by atoms with Crippen molar-refractivity contribution in [1.82, 2.24) is 16.0 Å². The second-order valence-corrected chi connectivity index (χ2v) is 9.48. The number of amides is 3. The van der Waals surface area contributed by atoms with Crippen LogP contribution in [0.15, 0.2) is 35.3 Å². The van der Waals surface area contributed by atoms with E-state index < -0.39 is 60.2 Å². The van der Waals surface area contributed by atoms with Gasteiger partial charge in [-0.1, -0.05) is 30.3 Å². The van der Waals surface area contributed by atoms with Gasteiger partial charge in [-0.3, -0.25) is 24.2 Å². The Hall–Kier alpha value is -4.24. The average Bonchev–Trinajstić information content (AvgIpc) is 2.91. The monoisotopic (exact) mass is 578 g/mol. The summed E-state index contributed by atoms with van der Waals surface area (Å²) in [5, 5.41) is 26.1. The number of benzene rings is 1. The second kappa shape index (κ2) is 18.9. The molecule has 3 amide bonds. The van der Waals surface area contributed by atoms with Crippen LogP contribution in [-0.4, -0.2) is 83.1 Å². The van der Waals surface area contributed by atoms with Crippen molar-refractivity contribution in [3.63, 3.8) is 0 Å². The van der Waals surface area contributed by atoms with Gasteiger partial charge in [-0.25, -0.2) is 4.79 Å². The molecule has 228 valence electrons. The minimum atomic E-state index is -1.33. The quantitative estimate of drug-likeness (QED) is 0.0470. The third-order valence-corrected chi connectivity index (χ3v) is 6.05. The third kappa shape index (κ3) is 14.6. The predicted octanol–water partition coefficient (Wildman–Crippen LogP) is -1.86. The lowest BCUT2D eigenvalue weighted by Gasteiger charge is -2.25. The van der Waals surface area contributed by atoms with E-state index in [0.717, 1.165) is 5.56 Å². The molecule has 15 heteroatoms. The Morgan fingerprint density at radius 3 is 1.90 bits per heavy atom. The summed E-state index contributed by atoms with van der Waals surface area (Å²) >= 11 is 0. The Bertz CT molecular complexity index is 1030. The van der Waals surface area contributed by atoms with Crippen molar-refractivity contribution in [2.75, 3.05) is 13.1 Å². The molecule has 0 saturated carbocycles. The fourth-order valence-corrected chi connectivity index (χ4v) is 3.84. The first kappa shape index (κ1) is 34.8. The highest BCUT2D eigenvalue weighted by atomic mass is 16.4. The molecule has 0 spiro atoms. The molecule has 15 nitrogen and oxygen atoms in total. The molecule has 4 atom stereocenters. The Labute approximate surface area is 238 Å². The van der Waals surface area contributed by atoms with Gasteiger partial charge in [0.1, 0.15) is 18.1 Å².